The highest BCUT2D eigenvalue weighted by atomic mass is 35.5. The van der Waals surface area contributed by atoms with Gasteiger partial charge in [0, 0.05) is 16.6 Å². The molecule has 2 aromatic carbocycles. The average molecular weight is 304 g/mol. The van der Waals surface area contributed by atoms with E-state index >= 15 is 0 Å². The van der Waals surface area contributed by atoms with E-state index in [9.17, 15) is 0 Å². The van der Waals surface area contributed by atoms with E-state index in [0.717, 1.165) is 29.3 Å². The lowest BCUT2D eigenvalue weighted by atomic mass is 9.95. The number of benzene rings is 2. The second-order valence-corrected chi connectivity index (χ2v) is 5.56. The molecule has 0 spiro atoms. The van der Waals surface area contributed by atoms with Gasteiger partial charge in [-0.05, 0) is 49.2 Å². The van der Waals surface area contributed by atoms with E-state index in [-0.39, 0.29) is 6.04 Å². The standard InChI is InChI=1S/C18H22ClNO/c1-4-20-17(11-14-8-6-5-7-13(14)2)16-12-15(19)9-10-18(16)21-3/h5-10,12,17,20H,4,11H2,1-3H3. The third-order valence-corrected chi connectivity index (χ3v) is 3.94. The number of hydrogen-bond donors (Lipinski definition) is 1. The molecule has 0 heterocycles. The van der Waals surface area contributed by atoms with Crippen LogP contribution in [0.3, 0.4) is 0 Å². The van der Waals surface area contributed by atoms with Crippen molar-refractivity contribution in [2.45, 2.75) is 26.3 Å². The molecule has 2 aromatic rings. The molecule has 112 valence electrons. The van der Waals surface area contributed by atoms with Gasteiger partial charge in [-0.1, -0.05) is 42.8 Å². The van der Waals surface area contributed by atoms with Crippen molar-refractivity contribution in [3.8, 4) is 5.75 Å². The summed E-state index contributed by atoms with van der Waals surface area (Å²) in [5.41, 5.74) is 3.75. The Hall–Kier alpha value is -1.51. The summed E-state index contributed by atoms with van der Waals surface area (Å²) < 4.78 is 5.50. The summed E-state index contributed by atoms with van der Waals surface area (Å²) in [5.74, 6) is 0.874. The molecule has 0 amide bonds. The second kappa shape index (κ2) is 7.48. The molecule has 0 aliphatic heterocycles. The molecule has 0 radical (unpaired) electrons. The van der Waals surface area contributed by atoms with Crippen LogP contribution in [-0.2, 0) is 6.42 Å². The van der Waals surface area contributed by atoms with Crippen LogP contribution in [0.25, 0.3) is 0 Å². The minimum Gasteiger partial charge on any atom is -0.496 e. The first-order valence-corrected chi connectivity index (χ1v) is 7.64. The van der Waals surface area contributed by atoms with E-state index < -0.39 is 0 Å². The van der Waals surface area contributed by atoms with Gasteiger partial charge in [-0.3, -0.25) is 0 Å². The predicted molar refractivity (Wildman–Crippen MR) is 89.3 cm³/mol. The summed E-state index contributed by atoms with van der Waals surface area (Å²) in [6, 6.07) is 14.4. The topological polar surface area (TPSA) is 21.3 Å². The molecule has 2 rings (SSSR count). The van der Waals surface area contributed by atoms with E-state index in [1.165, 1.54) is 11.1 Å². The van der Waals surface area contributed by atoms with E-state index in [0.29, 0.717) is 0 Å². The van der Waals surface area contributed by atoms with Gasteiger partial charge >= 0.3 is 0 Å². The lowest BCUT2D eigenvalue weighted by Gasteiger charge is -2.22. The quantitative estimate of drug-likeness (QED) is 0.845. The lowest BCUT2D eigenvalue weighted by Crippen LogP contribution is -2.23. The summed E-state index contributed by atoms with van der Waals surface area (Å²) in [5, 5.41) is 4.27. The van der Waals surface area contributed by atoms with E-state index in [4.69, 9.17) is 16.3 Å². The van der Waals surface area contributed by atoms with Crippen LogP contribution < -0.4 is 10.1 Å². The highest BCUT2D eigenvalue weighted by Crippen LogP contribution is 2.31. The van der Waals surface area contributed by atoms with Crippen LogP contribution in [0.2, 0.25) is 5.02 Å². The Balaban J connectivity index is 2.35. The summed E-state index contributed by atoms with van der Waals surface area (Å²) in [6.07, 6.45) is 0.914. The third-order valence-electron chi connectivity index (χ3n) is 3.70. The Morgan fingerprint density at radius 3 is 2.62 bits per heavy atom. The van der Waals surface area contributed by atoms with Crippen molar-refractivity contribution in [1.82, 2.24) is 5.32 Å². The molecule has 2 nitrogen and oxygen atoms in total. The zero-order valence-corrected chi connectivity index (χ0v) is 13.6. The maximum Gasteiger partial charge on any atom is 0.123 e. The molecule has 1 unspecified atom stereocenters. The maximum absolute atomic E-state index is 6.17. The van der Waals surface area contributed by atoms with Crippen LogP contribution >= 0.6 is 11.6 Å². The Morgan fingerprint density at radius 2 is 1.95 bits per heavy atom. The Labute approximate surface area is 132 Å². The number of halogens is 1. The largest absolute Gasteiger partial charge is 0.496 e. The maximum atomic E-state index is 6.17. The Morgan fingerprint density at radius 1 is 1.19 bits per heavy atom. The Bertz CT molecular complexity index is 598. The lowest BCUT2D eigenvalue weighted by molar-refractivity contribution is 0.399. The summed E-state index contributed by atoms with van der Waals surface area (Å²) >= 11 is 6.17. The number of ether oxygens (including phenoxy) is 1. The SMILES string of the molecule is CCNC(Cc1ccccc1C)c1cc(Cl)ccc1OC. The van der Waals surface area contributed by atoms with Gasteiger partial charge in [-0.15, -0.1) is 0 Å². The number of methoxy groups -OCH3 is 1. The minimum atomic E-state index is 0.185. The van der Waals surface area contributed by atoms with Crippen LogP contribution in [0.4, 0.5) is 0 Å². The van der Waals surface area contributed by atoms with Crippen molar-refractivity contribution in [2.24, 2.45) is 0 Å². The smallest absolute Gasteiger partial charge is 0.123 e. The number of rotatable bonds is 6. The van der Waals surface area contributed by atoms with E-state index in [2.05, 4.69) is 43.4 Å². The first kappa shape index (κ1) is 15.9. The fourth-order valence-corrected chi connectivity index (χ4v) is 2.76. The molecular weight excluding hydrogens is 282 g/mol. The van der Waals surface area contributed by atoms with Crippen molar-refractivity contribution in [3.63, 3.8) is 0 Å². The highest BCUT2D eigenvalue weighted by Gasteiger charge is 2.17. The van der Waals surface area contributed by atoms with Gasteiger partial charge in [-0.25, -0.2) is 0 Å². The third kappa shape index (κ3) is 3.99. The van der Waals surface area contributed by atoms with Gasteiger partial charge in [-0.2, -0.15) is 0 Å². The molecule has 0 aliphatic rings. The number of hydrogen-bond acceptors (Lipinski definition) is 2. The molecule has 0 fully saturated rings. The molecule has 21 heavy (non-hydrogen) atoms. The zero-order valence-electron chi connectivity index (χ0n) is 12.8. The fourth-order valence-electron chi connectivity index (χ4n) is 2.58. The van der Waals surface area contributed by atoms with Crippen molar-refractivity contribution in [1.29, 1.82) is 0 Å². The van der Waals surface area contributed by atoms with Crippen molar-refractivity contribution < 1.29 is 4.74 Å². The van der Waals surface area contributed by atoms with Crippen LogP contribution in [0, 0.1) is 6.92 Å². The molecule has 1 N–H and O–H groups in total. The van der Waals surface area contributed by atoms with Crippen molar-refractivity contribution in [2.75, 3.05) is 13.7 Å². The van der Waals surface area contributed by atoms with Gasteiger partial charge in [0.25, 0.3) is 0 Å². The molecule has 1 atom stereocenters. The van der Waals surface area contributed by atoms with E-state index in [1.54, 1.807) is 7.11 Å². The number of likely N-dealkylation sites (N-methyl/N-ethyl adjacent to an activating group) is 1. The zero-order chi connectivity index (χ0) is 15.2. The van der Waals surface area contributed by atoms with Crippen LogP contribution in [0.1, 0.15) is 29.7 Å². The number of nitrogens with one attached hydrogen (secondary N) is 1. The first-order valence-electron chi connectivity index (χ1n) is 7.27. The highest BCUT2D eigenvalue weighted by molar-refractivity contribution is 6.30. The van der Waals surface area contributed by atoms with Crippen LogP contribution in [-0.4, -0.2) is 13.7 Å². The predicted octanol–water partition coefficient (Wildman–Crippen LogP) is 4.55. The van der Waals surface area contributed by atoms with Crippen molar-refractivity contribution in [3.05, 3.63) is 64.2 Å². The van der Waals surface area contributed by atoms with Gasteiger partial charge in [0.15, 0.2) is 0 Å². The Kier molecular flexibility index (Phi) is 5.66. The van der Waals surface area contributed by atoms with Gasteiger partial charge < -0.3 is 10.1 Å². The molecular formula is C18H22ClNO. The minimum absolute atomic E-state index is 0.185. The first-order chi connectivity index (χ1) is 10.2. The van der Waals surface area contributed by atoms with Gasteiger partial charge in [0.05, 0.1) is 7.11 Å². The normalized spacial score (nSPS) is 12.2. The summed E-state index contributed by atoms with van der Waals surface area (Å²) in [4.78, 5) is 0. The average Bonchev–Trinajstić information content (AvgIpc) is 2.49. The van der Waals surface area contributed by atoms with Crippen molar-refractivity contribution >= 4 is 11.6 Å². The molecule has 0 bridgehead atoms. The molecule has 0 aliphatic carbocycles. The van der Waals surface area contributed by atoms with Crippen LogP contribution in [0.5, 0.6) is 5.75 Å². The molecule has 3 heteroatoms. The summed E-state index contributed by atoms with van der Waals surface area (Å²) in [7, 11) is 1.70. The van der Waals surface area contributed by atoms with Crippen LogP contribution in [0.15, 0.2) is 42.5 Å². The molecule has 0 saturated heterocycles. The second-order valence-electron chi connectivity index (χ2n) is 5.13. The fraction of sp³-hybridized carbons (Fsp3) is 0.333. The summed E-state index contributed by atoms with van der Waals surface area (Å²) in [6.45, 7) is 5.15. The van der Waals surface area contributed by atoms with E-state index in [1.807, 2.05) is 18.2 Å². The van der Waals surface area contributed by atoms with Gasteiger partial charge in [0.1, 0.15) is 5.75 Å². The van der Waals surface area contributed by atoms with Gasteiger partial charge in [0.2, 0.25) is 0 Å². The molecule has 0 aromatic heterocycles. The molecule has 0 saturated carbocycles. The monoisotopic (exact) mass is 303 g/mol. The number of aryl methyl sites for hydroxylation is 1.